The lowest BCUT2D eigenvalue weighted by molar-refractivity contribution is 0.463. The van der Waals surface area contributed by atoms with E-state index in [1.807, 2.05) is 0 Å². The van der Waals surface area contributed by atoms with Crippen LogP contribution in [0.25, 0.3) is 11.4 Å². The minimum atomic E-state index is -0.601. The average molecular weight is 257 g/mol. The third-order valence-corrected chi connectivity index (χ3v) is 2.71. The van der Waals surface area contributed by atoms with E-state index in [0.717, 1.165) is 6.20 Å². The minimum absolute atomic E-state index is 0.321. The molecule has 4 nitrogen and oxygen atoms in total. The fourth-order valence-electron chi connectivity index (χ4n) is 1.18. The fraction of sp³-hybridized carbons (Fsp3) is 0. The summed E-state index contributed by atoms with van der Waals surface area (Å²) in [4.78, 5) is 17.5. The highest BCUT2D eigenvalue weighted by Crippen LogP contribution is 2.26. The Morgan fingerprint density at radius 1 is 1.25 bits per heavy atom. The number of hydrogen-bond acceptors (Lipinski definition) is 3. The lowest BCUT2D eigenvalue weighted by Gasteiger charge is -2.02. The predicted molar refractivity (Wildman–Crippen MR) is 62.0 cm³/mol. The maximum atomic E-state index is 11.2. The highest BCUT2D eigenvalue weighted by Gasteiger charge is 2.05. The van der Waals surface area contributed by atoms with Gasteiger partial charge in [-0.2, -0.15) is 0 Å². The fourth-order valence-corrected chi connectivity index (χ4v) is 1.48. The van der Waals surface area contributed by atoms with Crippen LogP contribution in [0.1, 0.15) is 0 Å². The third kappa shape index (κ3) is 2.03. The van der Waals surface area contributed by atoms with E-state index in [9.17, 15) is 4.79 Å². The van der Waals surface area contributed by atoms with Crippen LogP contribution in [0.4, 0.5) is 0 Å². The number of hydrogen-bond donors (Lipinski definition) is 2. The molecule has 2 rings (SSSR count). The molecule has 0 fully saturated rings. The Balaban J connectivity index is 2.55. The molecule has 0 bridgehead atoms. The Kier molecular flexibility index (Phi) is 2.85. The van der Waals surface area contributed by atoms with Gasteiger partial charge in [0.25, 0.3) is 5.56 Å². The smallest absolute Gasteiger partial charge is 0.293 e. The molecule has 0 saturated heterocycles. The lowest BCUT2D eigenvalue weighted by Crippen LogP contribution is -2.07. The van der Waals surface area contributed by atoms with Crippen LogP contribution in [-0.4, -0.2) is 15.1 Å². The lowest BCUT2D eigenvalue weighted by atomic mass is 10.2. The molecule has 2 N–H and O–H groups in total. The summed E-state index contributed by atoms with van der Waals surface area (Å²) in [6.45, 7) is 0. The molecule has 2 aromatic rings. The van der Waals surface area contributed by atoms with Crippen LogP contribution < -0.4 is 5.56 Å². The molecule has 0 unspecified atom stereocenters. The molecule has 0 saturated carbocycles. The normalized spacial score (nSPS) is 10.4. The molecule has 0 radical (unpaired) electrons. The van der Waals surface area contributed by atoms with E-state index in [1.165, 1.54) is 0 Å². The summed E-state index contributed by atoms with van der Waals surface area (Å²) in [7, 11) is 0. The quantitative estimate of drug-likeness (QED) is 0.824. The van der Waals surface area contributed by atoms with Crippen LogP contribution in [0.15, 0.2) is 29.2 Å². The van der Waals surface area contributed by atoms with Crippen molar-refractivity contribution in [1.29, 1.82) is 0 Å². The van der Waals surface area contributed by atoms with E-state index in [-0.39, 0.29) is 0 Å². The number of nitrogens with zero attached hydrogens (tertiary/aromatic N) is 1. The van der Waals surface area contributed by atoms with E-state index < -0.39 is 11.3 Å². The third-order valence-electron chi connectivity index (χ3n) is 1.97. The van der Waals surface area contributed by atoms with Gasteiger partial charge in [0.15, 0.2) is 5.75 Å². The van der Waals surface area contributed by atoms with Gasteiger partial charge in [0.05, 0.1) is 16.2 Å². The van der Waals surface area contributed by atoms with Crippen LogP contribution >= 0.6 is 23.2 Å². The Morgan fingerprint density at radius 2 is 2.00 bits per heavy atom. The van der Waals surface area contributed by atoms with Crippen LogP contribution in [0, 0.1) is 0 Å². The highest BCUT2D eigenvalue weighted by atomic mass is 35.5. The number of benzene rings is 1. The van der Waals surface area contributed by atoms with Gasteiger partial charge in [-0.3, -0.25) is 4.79 Å². The maximum Gasteiger partial charge on any atom is 0.293 e. The Hall–Kier alpha value is -1.52. The average Bonchev–Trinajstić information content (AvgIpc) is 2.26. The van der Waals surface area contributed by atoms with E-state index in [1.54, 1.807) is 18.2 Å². The number of rotatable bonds is 1. The van der Waals surface area contributed by atoms with E-state index >= 15 is 0 Å². The van der Waals surface area contributed by atoms with Crippen molar-refractivity contribution in [3.8, 4) is 17.1 Å². The molecule has 82 valence electrons. The van der Waals surface area contributed by atoms with Crippen molar-refractivity contribution in [1.82, 2.24) is 9.97 Å². The van der Waals surface area contributed by atoms with E-state index in [4.69, 9.17) is 28.3 Å². The van der Waals surface area contributed by atoms with Crippen molar-refractivity contribution >= 4 is 23.2 Å². The first kappa shape index (κ1) is 11.0. The summed E-state index contributed by atoms with van der Waals surface area (Å²) in [5.41, 5.74) is 0.0163. The van der Waals surface area contributed by atoms with Crippen molar-refractivity contribution in [3.63, 3.8) is 0 Å². The Bertz CT molecular complexity index is 596. The Labute approximate surface area is 100 Å². The summed E-state index contributed by atoms with van der Waals surface area (Å²) < 4.78 is 0. The van der Waals surface area contributed by atoms with Gasteiger partial charge in [-0.25, -0.2) is 4.98 Å². The molecule has 1 aromatic carbocycles. The van der Waals surface area contributed by atoms with Crippen molar-refractivity contribution < 1.29 is 5.11 Å². The molecule has 0 spiro atoms. The second kappa shape index (κ2) is 4.15. The molecule has 0 amide bonds. The minimum Gasteiger partial charge on any atom is -0.502 e. The van der Waals surface area contributed by atoms with Crippen LogP contribution in [0.5, 0.6) is 5.75 Å². The summed E-state index contributed by atoms with van der Waals surface area (Å²) >= 11 is 11.6. The topological polar surface area (TPSA) is 66.0 Å². The van der Waals surface area contributed by atoms with Gasteiger partial charge in [0.1, 0.15) is 5.82 Å². The van der Waals surface area contributed by atoms with Crippen molar-refractivity contribution in [2.45, 2.75) is 0 Å². The molecular weight excluding hydrogens is 251 g/mol. The largest absolute Gasteiger partial charge is 0.502 e. The zero-order valence-electron chi connectivity index (χ0n) is 7.87. The van der Waals surface area contributed by atoms with Gasteiger partial charge < -0.3 is 10.1 Å². The monoisotopic (exact) mass is 256 g/mol. The van der Waals surface area contributed by atoms with Crippen molar-refractivity contribution in [3.05, 3.63) is 44.8 Å². The summed E-state index contributed by atoms with van der Waals surface area (Å²) in [6, 6.07) is 4.86. The van der Waals surface area contributed by atoms with Gasteiger partial charge >= 0.3 is 0 Å². The van der Waals surface area contributed by atoms with Gasteiger partial charge in [0.2, 0.25) is 0 Å². The molecule has 1 heterocycles. The maximum absolute atomic E-state index is 11.2. The SMILES string of the molecule is O=c1[nH]c(-c2ccc(Cl)c(Cl)c2)ncc1O. The molecule has 0 aliphatic rings. The highest BCUT2D eigenvalue weighted by molar-refractivity contribution is 6.42. The predicted octanol–water partition coefficient (Wildman–Crippen LogP) is 2.45. The molecule has 0 aliphatic heterocycles. The van der Waals surface area contributed by atoms with Crippen LogP contribution in [-0.2, 0) is 0 Å². The molecular formula is C10H6Cl2N2O2. The Morgan fingerprint density at radius 3 is 2.62 bits per heavy atom. The van der Waals surface area contributed by atoms with Crippen molar-refractivity contribution in [2.24, 2.45) is 0 Å². The van der Waals surface area contributed by atoms with Gasteiger partial charge in [-0.05, 0) is 18.2 Å². The number of aromatic hydroxyl groups is 1. The molecule has 16 heavy (non-hydrogen) atoms. The first-order valence-corrected chi connectivity index (χ1v) is 5.07. The second-order valence-electron chi connectivity index (χ2n) is 3.08. The van der Waals surface area contributed by atoms with Gasteiger partial charge in [-0.1, -0.05) is 23.2 Å². The molecule has 0 atom stereocenters. The van der Waals surface area contributed by atoms with Crippen LogP contribution in [0.2, 0.25) is 10.0 Å². The number of halogens is 2. The van der Waals surface area contributed by atoms with Gasteiger partial charge in [-0.15, -0.1) is 0 Å². The summed E-state index contributed by atoms with van der Waals surface area (Å²) in [5.74, 6) is -0.106. The number of aromatic nitrogens is 2. The standard InChI is InChI=1S/C10H6Cl2N2O2/c11-6-2-1-5(3-7(6)12)9-13-4-8(15)10(16)14-9/h1-4,15H,(H,13,14,16). The second-order valence-corrected chi connectivity index (χ2v) is 3.89. The molecule has 1 aromatic heterocycles. The van der Waals surface area contributed by atoms with Crippen LogP contribution in [0.3, 0.4) is 0 Å². The number of nitrogens with one attached hydrogen (secondary N) is 1. The first-order valence-electron chi connectivity index (χ1n) is 4.31. The first-order chi connectivity index (χ1) is 7.58. The summed E-state index contributed by atoms with van der Waals surface area (Å²) in [6.07, 6.45) is 1.08. The molecule has 0 aliphatic carbocycles. The zero-order valence-corrected chi connectivity index (χ0v) is 9.38. The summed E-state index contributed by atoms with van der Waals surface area (Å²) in [5, 5.41) is 9.83. The van der Waals surface area contributed by atoms with E-state index in [2.05, 4.69) is 9.97 Å². The van der Waals surface area contributed by atoms with Gasteiger partial charge in [0, 0.05) is 5.56 Å². The zero-order chi connectivity index (χ0) is 11.7. The van der Waals surface area contributed by atoms with Crippen molar-refractivity contribution in [2.75, 3.05) is 0 Å². The van der Waals surface area contributed by atoms with E-state index in [0.29, 0.717) is 21.4 Å². The molecule has 6 heteroatoms. The number of aromatic amines is 1. The number of H-pyrrole nitrogens is 1.